The van der Waals surface area contributed by atoms with E-state index in [1.54, 1.807) is 25.4 Å². The van der Waals surface area contributed by atoms with Crippen LogP contribution in [0.2, 0.25) is 0 Å². The molecule has 2 heterocycles. The van der Waals surface area contributed by atoms with Crippen LogP contribution < -0.4 is 9.46 Å². The minimum Gasteiger partial charge on any atom is -0.496 e. The zero-order valence-electron chi connectivity index (χ0n) is 13.5. The third kappa shape index (κ3) is 3.13. The molecule has 1 aromatic carbocycles. The molecule has 126 valence electrons. The lowest BCUT2D eigenvalue weighted by Crippen LogP contribution is -2.27. The van der Waals surface area contributed by atoms with Gasteiger partial charge in [0.25, 0.3) is 0 Å². The highest BCUT2D eigenvalue weighted by molar-refractivity contribution is 7.89. The van der Waals surface area contributed by atoms with Gasteiger partial charge >= 0.3 is 0 Å². The fraction of sp³-hybridized carbons (Fsp3) is 0.235. The predicted molar refractivity (Wildman–Crippen MR) is 92.7 cm³/mol. The van der Waals surface area contributed by atoms with E-state index in [-0.39, 0.29) is 17.4 Å². The van der Waals surface area contributed by atoms with Crippen LogP contribution in [0.3, 0.4) is 0 Å². The van der Waals surface area contributed by atoms with Gasteiger partial charge in [-0.1, -0.05) is 25.1 Å². The third-order valence-corrected chi connectivity index (χ3v) is 5.42. The lowest BCUT2D eigenvalue weighted by atomic mass is 10.0. The number of nitrogens with zero attached hydrogens (tertiary/aromatic N) is 1. The Morgan fingerprint density at radius 1 is 1.25 bits per heavy atom. The van der Waals surface area contributed by atoms with Gasteiger partial charge in [0.15, 0.2) is 0 Å². The molecule has 0 fully saturated rings. The summed E-state index contributed by atoms with van der Waals surface area (Å²) >= 11 is 0. The van der Waals surface area contributed by atoms with Gasteiger partial charge in [0.2, 0.25) is 10.0 Å². The van der Waals surface area contributed by atoms with Gasteiger partial charge in [-0.2, -0.15) is 0 Å². The Morgan fingerprint density at radius 2 is 2.04 bits per heavy atom. The van der Waals surface area contributed by atoms with E-state index in [4.69, 9.17) is 4.74 Å². The first-order valence-corrected chi connectivity index (χ1v) is 9.06. The molecule has 0 saturated carbocycles. The first-order valence-electron chi connectivity index (χ1n) is 7.57. The van der Waals surface area contributed by atoms with Gasteiger partial charge in [0.1, 0.15) is 16.3 Å². The Labute approximate surface area is 140 Å². The van der Waals surface area contributed by atoms with Crippen molar-refractivity contribution in [3.05, 3.63) is 54.4 Å². The fourth-order valence-electron chi connectivity index (χ4n) is 2.65. The molecule has 0 bridgehead atoms. The van der Waals surface area contributed by atoms with Crippen molar-refractivity contribution in [1.29, 1.82) is 0 Å². The van der Waals surface area contributed by atoms with E-state index in [0.717, 1.165) is 11.3 Å². The van der Waals surface area contributed by atoms with Crippen molar-refractivity contribution < 1.29 is 13.2 Å². The molecule has 0 aliphatic carbocycles. The summed E-state index contributed by atoms with van der Waals surface area (Å²) < 4.78 is 33.2. The van der Waals surface area contributed by atoms with Crippen LogP contribution in [0.4, 0.5) is 0 Å². The highest BCUT2D eigenvalue weighted by atomic mass is 32.2. The van der Waals surface area contributed by atoms with Gasteiger partial charge in [-0.05, 0) is 29.7 Å². The Bertz CT molecular complexity index is 950. The van der Waals surface area contributed by atoms with Gasteiger partial charge in [-0.3, -0.25) is 0 Å². The van der Waals surface area contributed by atoms with Crippen molar-refractivity contribution in [1.82, 2.24) is 14.7 Å². The predicted octanol–water partition coefficient (Wildman–Crippen LogP) is 2.65. The summed E-state index contributed by atoms with van der Waals surface area (Å²) in [6, 6.07) is 11.1. The largest absolute Gasteiger partial charge is 0.496 e. The maximum Gasteiger partial charge on any atom is 0.242 e. The second-order valence-corrected chi connectivity index (χ2v) is 7.28. The smallest absolute Gasteiger partial charge is 0.242 e. The van der Waals surface area contributed by atoms with Crippen LogP contribution >= 0.6 is 0 Å². The monoisotopic (exact) mass is 345 g/mol. The highest BCUT2D eigenvalue weighted by Gasteiger charge is 2.21. The first-order chi connectivity index (χ1) is 11.5. The van der Waals surface area contributed by atoms with Crippen LogP contribution in [0.1, 0.15) is 18.4 Å². The molecule has 0 aliphatic heterocycles. The number of hydrogen-bond donors (Lipinski definition) is 2. The Hall–Kier alpha value is -2.38. The number of methoxy groups -OCH3 is 1. The van der Waals surface area contributed by atoms with E-state index in [1.807, 2.05) is 31.2 Å². The number of hydrogen-bond acceptors (Lipinski definition) is 4. The van der Waals surface area contributed by atoms with Crippen LogP contribution in [0.15, 0.2) is 53.7 Å². The number of benzene rings is 1. The van der Waals surface area contributed by atoms with Crippen LogP contribution in [-0.4, -0.2) is 32.0 Å². The Balaban J connectivity index is 1.80. The van der Waals surface area contributed by atoms with E-state index < -0.39 is 10.0 Å². The lowest BCUT2D eigenvalue weighted by Gasteiger charge is -2.16. The van der Waals surface area contributed by atoms with Crippen molar-refractivity contribution in [2.75, 3.05) is 13.7 Å². The van der Waals surface area contributed by atoms with Crippen molar-refractivity contribution in [3.8, 4) is 5.75 Å². The highest BCUT2D eigenvalue weighted by Crippen LogP contribution is 2.26. The Morgan fingerprint density at radius 3 is 2.83 bits per heavy atom. The minimum absolute atomic E-state index is 0.0285. The molecule has 6 nitrogen and oxygen atoms in total. The molecule has 0 saturated heterocycles. The number of ether oxygens (including phenoxy) is 1. The zero-order valence-corrected chi connectivity index (χ0v) is 14.3. The number of fused-ring (bicyclic) bond motifs is 1. The van der Waals surface area contributed by atoms with Crippen molar-refractivity contribution >= 4 is 21.1 Å². The van der Waals surface area contributed by atoms with Gasteiger partial charge < -0.3 is 9.72 Å². The maximum atomic E-state index is 12.6. The van der Waals surface area contributed by atoms with E-state index >= 15 is 0 Å². The minimum atomic E-state index is -3.63. The SMILES string of the molecule is COc1ccccc1[C@H](C)CNS(=O)(=O)c1c[nH]c2ncccc12. The zero-order chi connectivity index (χ0) is 17.2. The van der Waals surface area contributed by atoms with E-state index in [2.05, 4.69) is 14.7 Å². The number of pyridine rings is 1. The maximum absolute atomic E-state index is 12.6. The van der Waals surface area contributed by atoms with Crippen molar-refractivity contribution in [2.45, 2.75) is 17.7 Å². The van der Waals surface area contributed by atoms with Crippen molar-refractivity contribution in [3.63, 3.8) is 0 Å². The number of rotatable bonds is 6. The molecule has 0 spiro atoms. The van der Waals surface area contributed by atoms with Crippen LogP contribution in [0.5, 0.6) is 5.75 Å². The summed E-state index contributed by atoms with van der Waals surface area (Å²) in [5.74, 6) is 0.722. The number of sulfonamides is 1. The molecule has 0 unspecified atom stereocenters. The summed E-state index contributed by atoms with van der Waals surface area (Å²) in [5.41, 5.74) is 1.51. The number of nitrogens with one attached hydrogen (secondary N) is 2. The molecular weight excluding hydrogens is 326 g/mol. The molecule has 2 N–H and O–H groups in total. The number of H-pyrrole nitrogens is 1. The van der Waals surface area contributed by atoms with Crippen LogP contribution in [0.25, 0.3) is 11.0 Å². The fourth-order valence-corrected chi connectivity index (χ4v) is 3.94. The van der Waals surface area contributed by atoms with Crippen molar-refractivity contribution in [2.24, 2.45) is 0 Å². The second kappa shape index (κ2) is 6.62. The van der Waals surface area contributed by atoms with Gasteiger partial charge in [0.05, 0.1) is 7.11 Å². The molecule has 0 radical (unpaired) electrons. The van der Waals surface area contributed by atoms with Gasteiger partial charge in [-0.25, -0.2) is 18.1 Å². The van der Waals surface area contributed by atoms with Crippen LogP contribution in [-0.2, 0) is 10.0 Å². The molecule has 24 heavy (non-hydrogen) atoms. The molecule has 0 amide bonds. The molecule has 3 aromatic rings. The topological polar surface area (TPSA) is 84.1 Å². The van der Waals surface area contributed by atoms with E-state index in [9.17, 15) is 8.42 Å². The number of aromatic amines is 1. The molecular formula is C17H19N3O3S. The normalized spacial score (nSPS) is 13.1. The molecule has 1 atom stereocenters. The molecule has 2 aromatic heterocycles. The molecule has 7 heteroatoms. The Kier molecular flexibility index (Phi) is 4.55. The van der Waals surface area contributed by atoms with E-state index in [0.29, 0.717) is 11.0 Å². The van der Waals surface area contributed by atoms with Gasteiger partial charge in [0, 0.05) is 24.3 Å². The summed E-state index contributed by atoms with van der Waals surface area (Å²) in [6.07, 6.45) is 3.08. The lowest BCUT2D eigenvalue weighted by molar-refractivity contribution is 0.406. The summed E-state index contributed by atoms with van der Waals surface area (Å²) in [6.45, 7) is 2.23. The van der Waals surface area contributed by atoms with E-state index in [1.165, 1.54) is 6.20 Å². The summed E-state index contributed by atoms with van der Waals surface area (Å²) in [7, 11) is -2.02. The second-order valence-electron chi connectivity index (χ2n) is 5.55. The number of para-hydroxylation sites is 1. The molecule has 3 rings (SSSR count). The van der Waals surface area contributed by atoms with Crippen LogP contribution in [0, 0.1) is 0 Å². The average molecular weight is 345 g/mol. The standard InChI is InChI=1S/C17H19N3O3S/c1-12(13-6-3-4-8-15(13)23-2)10-20-24(21,22)16-11-19-17-14(16)7-5-9-18-17/h3-9,11-12,20H,10H2,1-2H3,(H,18,19)/t12-/m1/s1. The molecule has 0 aliphatic rings. The number of aromatic nitrogens is 2. The van der Waals surface area contributed by atoms with Gasteiger partial charge in [-0.15, -0.1) is 0 Å². The quantitative estimate of drug-likeness (QED) is 0.719. The first kappa shape index (κ1) is 16.5. The average Bonchev–Trinajstić information content (AvgIpc) is 3.04. The summed E-state index contributed by atoms with van der Waals surface area (Å²) in [5, 5.41) is 0.579. The third-order valence-electron chi connectivity index (χ3n) is 3.95. The summed E-state index contributed by atoms with van der Waals surface area (Å²) in [4.78, 5) is 7.20.